The van der Waals surface area contributed by atoms with Crippen LogP contribution in [-0.4, -0.2) is 7.11 Å². The number of rotatable bonds is 5. The van der Waals surface area contributed by atoms with Gasteiger partial charge in [-0.2, -0.15) is 0 Å². The first-order valence-corrected chi connectivity index (χ1v) is 8.15. The summed E-state index contributed by atoms with van der Waals surface area (Å²) in [5, 5.41) is 0. The molecule has 0 aliphatic carbocycles. The monoisotopic (exact) mass is 464 g/mol. The van der Waals surface area contributed by atoms with Crippen molar-refractivity contribution in [3.63, 3.8) is 0 Å². The predicted molar refractivity (Wildman–Crippen MR) is 93.6 cm³/mol. The highest BCUT2D eigenvalue weighted by atomic mass is 127. The zero-order valence-corrected chi connectivity index (χ0v) is 15.1. The number of ether oxygens (including phenoxy) is 1. The van der Waals surface area contributed by atoms with Crippen LogP contribution in [0.2, 0.25) is 0 Å². The van der Waals surface area contributed by atoms with Gasteiger partial charge in [-0.3, -0.25) is 11.3 Å². The molecule has 112 valence electrons. The molecule has 0 fully saturated rings. The number of methoxy groups -OCH3 is 1. The van der Waals surface area contributed by atoms with Gasteiger partial charge in [-0.25, -0.2) is 4.39 Å². The maximum absolute atomic E-state index is 13.2. The summed E-state index contributed by atoms with van der Waals surface area (Å²) >= 11 is 5.58. The SMILES string of the molecule is COc1ccc(Br)cc1CC(NN)c1ccc(F)cc1I. The van der Waals surface area contributed by atoms with E-state index in [-0.39, 0.29) is 11.9 Å². The topological polar surface area (TPSA) is 47.3 Å². The molecule has 1 unspecified atom stereocenters. The zero-order chi connectivity index (χ0) is 15.4. The minimum Gasteiger partial charge on any atom is -0.496 e. The van der Waals surface area contributed by atoms with Crippen LogP contribution in [-0.2, 0) is 6.42 Å². The fourth-order valence-corrected chi connectivity index (χ4v) is 3.43. The summed E-state index contributed by atoms with van der Waals surface area (Å²) in [6, 6.07) is 10.4. The quantitative estimate of drug-likeness (QED) is 0.400. The van der Waals surface area contributed by atoms with Gasteiger partial charge in [-0.1, -0.05) is 22.0 Å². The molecule has 2 aromatic carbocycles. The van der Waals surface area contributed by atoms with E-state index in [1.54, 1.807) is 13.2 Å². The van der Waals surface area contributed by atoms with Crippen LogP contribution in [0.3, 0.4) is 0 Å². The highest BCUT2D eigenvalue weighted by molar-refractivity contribution is 14.1. The van der Waals surface area contributed by atoms with Gasteiger partial charge < -0.3 is 4.74 Å². The van der Waals surface area contributed by atoms with Crippen molar-refractivity contribution >= 4 is 38.5 Å². The van der Waals surface area contributed by atoms with Crippen LogP contribution in [0.4, 0.5) is 4.39 Å². The van der Waals surface area contributed by atoms with Gasteiger partial charge >= 0.3 is 0 Å². The Labute approximate surface area is 145 Å². The molecule has 0 radical (unpaired) electrons. The van der Waals surface area contributed by atoms with E-state index in [1.807, 2.05) is 18.2 Å². The van der Waals surface area contributed by atoms with Crippen LogP contribution >= 0.6 is 38.5 Å². The normalized spacial score (nSPS) is 12.2. The lowest BCUT2D eigenvalue weighted by Gasteiger charge is -2.19. The first-order chi connectivity index (χ1) is 10.0. The van der Waals surface area contributed by atoms with E-state index in [1.165, 1.54) is 12.1 Å². The second-order valence-electron chi connectivity index (χ2n) is 4.55. The number of benzene rings is 2. The molecule has 0 amide bonds. The van der Waals surface area contributed by atoms with Gasteiger partial charge in [0.2, 0.25) is 0 Å². The van der Waals surface area contributed by atoms with Crippen LogP contribution < -0.4 is 16.0 Å². The Bertz CT molecular complexity index is 639. The van der Waals surface area contributed by atoms with Gasteiger partial charge in [0.05, 0.1) is 13.2 Å². The molecule has 0 bridgehead atoms. The van der Waals surface area contributed by atoms with Crippen LogP contribution in [0.5, 0.6) is 5.75 Å². The number of hydrogen-bond donors (Lipinski definition) is 2. The molecule has 3 nitrogen and oxygen atoms in total. The van der Waals surface area contributed by atoms with E-state index < -0.39 is 0 Å². The van der Waals surface area contributed by atoms with Gasteiger partial charge in [0.15, 0.2) is 0 Å². The number of hydrazine groups is 1. The third-order valence-electron chi connectivity index (χ3n) is 3.21. The summed E-state index contributed by atoms with van der Waals surface area (Å²) in [7, 11) is 1.64. The summed E-state index contributed by atoms with van der Waals surface area (Å²) in [5.74, 6) is 6.24. The third-order valence-corrected chi connectivity index (χ3v) is 4.63. The Balaban J connectivity index is 2.33. The second kappa shape index (κ2) is 7.53. The molecule has 2 aromatic rings. The summed E-state index contributed by atoms with van der Waals surface area (Å²) in [6.45, 7) is 0. The first-order valence-electron chi connectivity index (χ1n) is 6.28. The van der Waals surface area contributed by atoms with Gasteiger partial charge in [0.25, 0.3) is 0 Å². The Morgan fingerprint density at radius 3 is 2.71 bits per heavy atom. The van der Waals surface area contributed by atoms with Crippen LogP contribution in [0.15, 0.2) is 40.9 Å². The molecule has 0 spiro atoms. The Kier molecular flexibility index (Phi) is 5.98. The van der Waals surface area contributed by atoms with Crippen molar-refractivity contribution in [2.75, 3.05) is 7.11 Å². The zero-order valence-electron chi connectivity index (χ0n) is 11.4. The highest BCUT2D eigenvalue weighted by Gasteiger charge is 2.16. The third kappa shape index (κ3) is 4.15. The van der Waals surface area contributed by atoms with E-state index in [0.29, 0.717) is 6.42 Å². The van der Waals surface area contributed by atoms with Crippen molar-refractivity contribution in [3.05, 3.63) is 61.4 Å². The molecule has 0 saturated carbocycles. The minimum absolute atomic E-state index is 0.124. The standard InChI is InChI=1S/C15H15BrFIN2O/c1-21-15-5-2-10(16)6-9(15)7-14(20-19)12-4-3-11(17)8-13(12)18/h2-6,8,14,20H,7,19H2,1H3. The van der Waals surface area contributed by atoms with E-state index in [2.05, 4.69) is 43.9 Å². The molecular weight excluding hydrogens is 450 g/mol. The van der Waals surface area contributed by atoms with Crippen molar-refractivity contribution in [2.45, 2.75) is 12.5 Å². The fourth-order valence-electron chi connectivity index (χ4n) is 2.17. The van der Waals surface area contributed by atoms with Gasteiger partial charge in [0.1, 0.15) is 11.6 Å². The molecule has 6 heteroatoms. The van der Waals surface area contributed by atoms with Crippen molar-refractivity contribution in [1.82, 2.24) is 5.43 Å². The van der Waals surface area contributed by atoms with Gasteiger partial charge in [-0.05, 0) is 70.5 Å². The Hall–Kier alpha value is -0.700. The summed E-state index contributed by atoms with van der Waals surface area (Å²) in [4.78, 5) is 0. The summed E-state index contributed by atoms with van der Waals surface area (Å²) < 4.78 is 20.4. The largest absolute Gasteiger partial charge is 0.496 e. The number of nitrogens with two attached hydrogens (primary N) is 1. The van der Waals surface area contributed by atoms with Crippen molar-refractivity contribution in [2.24, 2.45) is 5.84 Å². The second-order valence-corrected chi connectivity index (χ2v) is 6.62. The molecule has 21 heavy (non-hydrogen) atoms. The lowest BCUT2D eigenvalue weighted by molar-refractivity contribution is 0.405. The van der Waals surface area contributed by atoms with Gasteiger partial charge in [-0.15, -0.1) is 0 Å². The minimum atomic E-state index is -0.251. The number of halogens is 3. The lowest BCUT2D eigenvalue weighted by atomic mass is 9.99. The van der Waals surface area contributed by atoms with Crippen LogP contribution in [0, 0.1) is 9.39 Å². The van der Waals surface area contributed by atoms with Crippen LogP contribution in [0.25, 0.3) is 0 Å². The number of nitrogens with one attached hydrogen (secondary N) is 1. The van der Waals surface area contributed by atoms with Crippen molar-refractivity contribution < 1.29 is 9.13 Å². The average molecular weight is 465 g/mol. The summed E-state index contributed by atoms with van der Waals surface area (Å²) in [6.07, 6.45) is 0.640. The molecule has 0 heterocycles. The smallest absolute Gasteiger partial charge is 0.124 e. The van der Waals surface area contributed by atoms with E-state index in [4.69, 9.17) is 10.6 Å². The first kappa shape index (κ1) is 16.7. The predicted octanol–water partition coefficient (Wildman–Crippen LogP) is 3.95. The van der Waals surface area contributed by atoms with E-state index >= 15 is 0 Å². The van der Waals surface area contributed by atoms with Crippen molar-refractivity contribution in [3.8, 4) is 5.75 Å². The van der Waals surface area contributed by atoms with Gasteiger partial charge in [0, 0.05) is 8.04 Å². The molecule has 2 rings (SSSR count). The molecular formula is C15H15BrFIN2O. The van der Waals surface area contributed by atoms with E-state index in [0.717, 1.165) is 24.9 Å². The lowest BCUT2D eigenvalue weighted by Crippen LogP contribution is -2.30. The highest BCUT2D eigenvalue weighted by Crippen LogP contribution is 2.29. The molecule has 0 aliphatic heterocycles. The average Bonchev–Trinajstić information content (AvgIpc) is 2.45. The maximum Gasteiger partial charge on any atom is 0.124 e. The molecule has 0 saturated heterocycles. The van der Waals surface area contributed by atoms with E-state index in [9.17, 15) is 4.39 Å². The maximum atomic E-state index is 13.2. The summed E-state index contributed by atoms with van der Waals surface area (Å²) in [5.41, 5.74) is 4.78. The molecule has 0 aliphatic rings. The fraction of sp³-hybridized carbons (Fsp3) is 0.200. The Morgan fingerprint density at radius 1 is 1.33 bits per heavy atom. The molecule has 3 N–H and O–H groups in total. The van der Waals surface area contributed by atoms with Crippen molar-refractivity contribution in [1.29, 1.82) is 0 Å². The molecule has 1 atom stereocenters. The van der Waals surface area contributed by atoms with Crippen LogP contribution in [0.1, 0.15) is 17.2 Å². The number of hydrogen-bond acceptors (Lipinski definition) is 3. The molecule has 0 aromatic heterocycles. The Morgan fingerprint density at radius 2 is 2.10 bits per heavy atom.